The quantitative estimate of drug-likeness (QED) is 0.718. The van der Waals surface area contributed by atoms with Gasteiger partial charge in [-0.15, -0.1) is 0 Å². The topological polar surface area (TPSA) is 28.5 Å². The highest BCUT2D eigenvalue weighted by Crippen LogP contribution is 2.25. The standard InChI is InChI=1S/C23H25N3O/c27-23(17-25-13-10-19-6-3-4-8-22(19)25)26-14-11-21(16-26)24-12-9-18-5-1-2-7-20(18)15-24/h1-8,10,13,21H,9,11-12,14-17H2. The Bertz CT molecular complexity index is 976. The molecule has 1 amide bonds. The molecule has 1 aromatic heterocycles. The lowest BCUT2D eigenvalue weighted by Gasteiger charge is -2.33. The third-order valence-corrected chi connectivity index (χ3v) is 6.18. The van der Waals surface area contributed by atoms with Gasteiger partial charge in [0.1, 0.15) is 6.54 Å². The van der Waals surface area contributed by atoms with Crippen molar-refractivity contribution in [1.29, 1.82) is 0 Å². The molecule has 0 bridgehead atoms. The molecule has 138 valence electrons. The Hall–Kier alpha value is -2.59. The van der Waals surface area contributed by atoms with Gasteiger partial charge in [-0.05, 0) is 41.5 Å². The van der Waals surface area contributed by atoms with E-state index in [1.807, 2.05) is 18.3 Å². The van der Waals surface area contributed by atoms with Gasteiger partial charge in [-0.3, -0.25) is 9.69 Å². The zero-order chi connectivity index (χ0) is 18.2. The van der Waals surface area contributed by atoms with Gasteiger partial charge >= 0.3 is 0 Å². The summed E-state index contributed by atoms with van der Waals surface area (Å²) in [5.74, 6) is 0.233. The molecule has 2 aromatic carbocycles. The maximum absolute atomic E-state index is 12.9. The van der Waals surface area contributed by atoms with Gasteiger partial charge in [-0.25, -0.2) is 0 Å². The largest absolute Gasteiger partial charge is 0.340 e. The van der Waals surface area contributed by atoms with Gasteiger partial charge in [0.05, 0.1) is 0 Å². The molecule has 5 rings (SSSR count). The van der Waals surface area contributed by atoms with Crippen LogP contribution in [0.25, 0.3) is 10.9 Å². The van der Waals surface area contributed by atoms with Crippen LogP contribution in [0.15, 0.2) is 60.8 Å². The number of rotatable bonds is 3. The van der Waals surface area contributed by atoms with Crippen molar-refractivity contribution >= 4 is 16.8 Å². The van der Waals surface area contributed by atoms with Crippen LogP contribution in [0.4, 0.5) is 0 Å². The molecule has 0 spiro atoms. The number of carbonyl (C=O) groups is 1. The van der Waals surface area contributed by atoms with E-state index < -0.39 is 0 Å². The predicted octanol–water partition coefficient (Wildman–Crippen LogP) is 3.30. The van der Waals surface area contributed by atoms with E-state index >= 15 is 0 Å². The van der Waals surface area contributed by atoms with E-state index in [1.54, 1.807) is 0 Å². The third kappa shape index (κ3) is 3.15. The molecule has 27 heavy (non-hydrogen) atoms. The van der Waals surface area contributed by atoms with Crippen LogP contribution in [0.5, 0.6) is 0 Å². The molecule has 0 saturated carbocycles. The Labute approximate surface area is 160 Å². The number of aromatic nitrogens is 1. The summed E-state index contributed by atoms with van der Waals surface area (Å²) in [6.07, 6.45) is 4.23. The summed E-state index contributed by atoms with van der Waals surface area (Å²) in [5, 5.41) is 1.19. The van der Waals surface area contributed by atoms with Crippen LogP contribution in [0.1, 0.15) is 17.5 Å². The first kappa shape index (κ1) is 16.6. The number of likely N-dealkylation sites (tertiary alicyclic amines) is 1. The molecule has 2 aliphatic rings. The van der Waals surface area contributed by atoms with Crippen molar-refractivity contribution in [2.75, 3.05) is 19.6 Å². The molecule has 4 nitrogen and oxygen atoms in total. The summed E-state index contributed by atoms with van der Waals surface area (Å²) in [6.45, 7) is 4.29. The van der Waals surface area contributed by atoms with Crippen LogP contribution in [0, 0.1) is 0 Å². The lowest BCUT2D eigenvalue weighted by atomic mass is 9.98. The number of hydrogen-bond donors (Lipinski definition) is 0. The van der Waals surface area contributed by atoms with Gasteiger partial charge in [0.25, 0.3) is 0 Å². The fourth-order valence-electron chi connectivity index (χ4n) is 4.62. The van der Waals surface area contributed by atoms with Crippen molar-refractivity contribution in [1.82, 2.24) is 14.4 Å². The van der Waals surface area contributed by atoms with Crippen molar-refractivity contribution in [3.05, 3.63) is 71.9 Å². The first-order valence-corrected chi connectivity index (χ1v) is 9.90. The molecule has 1 atom stereocenters. The van der Waals surface area contributed by atoms with E-state index in [4.69, 9.17) is 0 Å². The Kier molecular flexibility index (Phi) is 4.21. The van der Waals surface area contributed by atoms with Crippen molar-refractivity contribution < 1.29 is 4.79 Å². The molecular weight excluding hydrogens is 334 g/mol. The normalized spacial score (nSPS) is 20.1. The van der Waals surface area contributed by atoms with Gasteiger partial charge in [0.15, 0.2) is 0 Å². The summed E-state index contributed by atoms with van der Waals surface area (Å²) < 4.78 is 2.07. The third-order valence-electron chi connectivity index (χ3n) is 6.18. The molecule has 3 heterocycles. The minimum atomic E-state index is 0.233. The Balaban J connectivity index is 1.24. The van der Waals surface area contributed by atoms with E-state index in [-0.39, 0.29) is 5.91 Å². The van der Waals surface area contributed by atoms with Gasteiger partial charge in [-0.2, -0.15) is 0 Å². The van der Waals surface area contributed by atoms with Crippen molar-refractivity contribution in [3.63, 3.8) is 0 Å². The number of carbonyl (C=O) groups excluding carboxylic acids is 1. The summed E-state index contributed by atoms with van der Waals surface area (Å²) in [5.41, 5.74) is 4.07. The molecule has 1 fully saturated rings. The van der Waals surface area contributed by atoms with E-state index in [2.05, 4.69) is 56.8 Å². The molecule has 1 saturated heterocycles. The number of nitrogens with zero attached hydrogens (tertiary/aromatic N) is 3. The average molecular weight is 359 g/mol. The van der Waals surface area contributed by atoms with Crippen LogP contribution >= 0.6 is 0 Å². The van der Waals surface area contributed by atoms with Gasteiger partial charge < -0.3 is 9.47 Å². The molecular formula is C23H25N3O. The molecule has 0 aliphatic carbocycles. The van der Waals surface area contributed by atoms with Crippen molar-refractivity contribution in [2.24, 2.45) is 0 Å². The second-order valence-corrected chi connectivity index (χ2v) is 7.77. The molecule has 0 radical (unpaired) electrons. The van der Waals surface area contributed by atoms with Gasteiger partial charge in [-0.1, -0.05) is 42.5 Å². The smallest absolute Gasteiger partial charge is 0.242 e. The van der Waals surface area contributed by atoms with Crippen LogP contribution in [-0.2, 0) is 24.3 Å². The minimum Gasteiger partial charge on any atom is -0.340 e. The molecule has 0 N–H and O–H groups in total. The molecule has 1 unspecified atom stereocenters. The zero-order valence-corrected chi connectivity index (χ0v) is 15.6. The second-order valence-electron chi connectivity index (χ2n) is 7.77. The lowest BCUT2D eigenvalue weighted by molar-refractivity contribution is -0.130. The first-order chi connectivity index (χ1) is 13.3. The van der Waals surface area contributed by atoms with Crippen molar-refractivity contribution in [2.45, 2.75) is 32.0 Å². The second kappa shape index (κ2) is 6.86. The fourth-order valence-corrected chi connectivity index (χ4v) is 4.62. The minimum absolute atomic E-state index is 0.233. The Morgan fingerprint density at radius 2 is 1.78 bits per heavy atom. The number of hydrogen-bond acceptors (Lipinski definition) is 2. The summed E-state index contributed by atoms with van der Waals surface area (Å²) in [4.78, 5) is 17.5. The number of fused-ring (bicyclic) bond motifs is 2. The molecule has 3 aromatic rings. The maximum Gasteiger partial charge on any atom is 0.242 e. The van der Waals surface area contributed by atoms with E-state index in [1.165, 1.54) is 16.5 Å². The highest BCUT2D eigenvalue weighted by Gasteiger charge is 2.31. The molecule has 2 aliphatic heterocycles. The zero-order valence-electron chi connectivity index (χ0n) is 15.6. The first-order valence-electron chi connectivity index (χ1n) is 9.90. The summed E-state index contributed by atoms with van der Waals surface area (Å²) in [6, 6.07) is 19.6. The number of amides is 1. The molecule has 4 heteroatoms. The summed E-state index contributed by atoms with van der Waals surface area (Å²) in [7, 11) is 0. The SMILES string of the molecule is O=C(Cn1ccc2ccccc21)N1CCC(N2CCc3ccccc3C2)C1. The number of para-hydroxylation sites is 1. The Morgan fingerprint density at radius 1 is 0.963 bits per heavy atom. The maximum atomic E-state index is 12.9. The van der Waals surface area contributed by atoms with E-state index in [9.17, 15) is 4.79 Å². The van der Waals surface area contributed by atoms with Gasteiger partial charge in [0, 0.05) is 43.9 Å². The van der Waals surface area contributed by atoms with Crippen LogP contribution in [0.2, 0.25) is 0 Å². The monoisotopic (exact) mass is 359 g/mol. The number of benzene rings is 2. The predicted molar refractivity (Wildman–Crippen MR) is 107 cm³/mol. The Morgan fingerprint density at radius 3 is 2.70 bits per heavy atom. The van der Waals surface area contributed by atoms with E-state index in [0.717, 1.165) is 44.5 Å². The average Bonchev–Trinajstić information content (AvgIpc) is 3.36. The fraction of sp³-hybridized carbons (Fsp3) is 0.348. The van der Waals surface area contributed by atoms with E-state index in [0.29, 0.717) is 12.6 Å². The highest BCUT2D eigenvalue weighted by molar-refractivity contribution is 5.83. The van der Waals surface area contributed by atoms with Crippen LogP contribution in [-0.4, -0.2) is 46.0 Å². The van der Waals surface area contributed by atoms with Crippen LogP contribution < -0.4 is 0 Å². The van der Waals surface area contributed by atoms with Gasteiger partial charge in [0.2, 0.25) is 5.91 Å². The summed E-state index contributed by atoms with van der Waals surface area (Å²) >= 11 is 0. The van der Waals surface area contributed by atoms with Crippen molar-refractivity contribution in [3.8, 4) is 0 Å². The van der Waals surface area contributed by atoms with Crippen LogP contribution in [0.3, 0.4) is 0 Å². The lowest BCUT2D eigenvalue weighted by Crippen LogP contribution is -2.42. The highest BCUT2D eigenvalue weighted by atomic mass is 16.2.